The molecule has 3 N–H and O–H groups in total. The molecule has 0 fully saturated rings. The van der Waals surface area contributed by atoms with E-state index in [1.54, 1.807) is 0 Å². The highest BCUT2D eigenvalue weighted by Crippen LogP contribution is 2.17. The fourth-order valence-electron chi connectivity index (χ4n) is 1.47. The lowest BCUT2D eigenvalue weighted by Crippen LogP contribution is -2.19. The molecule has 1 aromatic carbocycles. The SMILES string of the molecule is CC(N)CCC(=O)Nc1ccc(OC(C)C)cc1.Cl. The molecule has 0 bridgehead atoms. The number of nitrogens with two attached hydrogens (primary N) is 1. The first-order valence-electron chi connectivity index (χ1n) is 6.29. The highest BCUT2D eigenvalue weighted by atomic mass is 35.5. The van der Waals surface area contributed by atoms with Crippen molar-refractivity contribution in [1.82, 2.24) is 0 Å². The third-order valence-electron chi connectivity index (χ3n) is 2.34. The van der Waals surface area contributed by atoms with Gasteiger partial charge >= 0.3 is 0 Å². The van der Waals surface area contributed by atoms with Gasteiger partial charge < -0.3 is 15.8 Å². The van der Waals surface area contributed by atoms with Gasteiger partial charge in [0, 0.05) is 18.2 Å². The van der Waals surface area contributed by atoms with E-state index in [-0.39, 0.29) is 30.5 Å². The second-order valence-corrected chi connectivity index (χ2v) is 4.76. The van der Waals surface area contributed by atoms with Crippen molar-refractivity contribution in [3.63, 3.8) is 0 Å². The number of carbonyl (C=O) groups is 1. The second-order valence-electron chi connectivity index (χ2n) is 4.76. The van der Waals surface area contributed by atoms with Crippen LogP contribution in [-0.2, 0) is 4.79 Å². The van der Waals surface area contributed by atoms with Crippen LogP contribution in [0, 0.1) is 0 Å². The maximum Gasteiger partial charge on any atom is 0.224 e. The normalized spacial score (nSPS) is 11.6. The number of carbonyl (C=O) groups excluding carboxylic acids is 1. The number of anilines is 1. The maximum absolute atomic E-state index is 11.6. The van der Waals surface area contributed by atoms with E-state index < -0.39 is 0 Å². The van der Waals surface area contributed by atoms with Crippen molar-refractivity contribution in [2.45, 2.75) is 45.8 Å². The van der Waals surface area contributed by atoms with E-state index in [9.17, 15) is 4.79 Å². The molecule has 19 heavy (non-hydrogen) atoms. The van der Waals surface area contributed by atoms with Gasteiger partial charge in [-0.2, -0.15) is 0 Å². The molecule has 5 heteroatoms. The fourth-order valence-corrected chi connectivity index (χ4v) is 1.47. The molecule has 0 aliphatic rings. The van der Waals surface area contributed by atoms with E-state index >= 15 is 0 Å². The average molecular weight is 287 g/mol. The molecule has 0 heterocycles. The first-order valence-corrected chi connectivity index (χ1v) is 6.29. The van der Waals surface area contributed by atoms with Crippen LogP contribution in [0.15, 0.2) is 24.3 Å². The third kappa shape index (κ3) is 7.70. The summed E-state index contributed by atoms with van der Waals surface area (Å²) in [5, 5.41) is 2.83. The van der Waals surface area contributed by atoms with Gasteiger partial charge in [-0.25, -0.2) is 0 Å². The van der Waals surface area contributed by atoms with Crippen LogP contribution in [0.4, 0.5) is 5.69 Å². The third-order valence-corrected chi connectivity index (χ3v) is 2.34. The summed E-state index contributed by atoms with van der Waals surface area (Å²) in [6.45, 7) is 5.85. The lowest BCUT2D eigenvalue weighted by atomic mass is 10.2. The Hall–Kier alpha value is -1.26. The summed E-state index contributed by atoms with van der Waals surface area (Å²) < 4.78 is 5.52. The summed E-state index contributed by atoms with van der Waals surface area (Å²) in [7, 11) is 0. The first kappa shape index (κ1) is 17.7. The molecule has 4 nitrogen and oxygen atoms in total. The van der Waals surface area contributed by atoms with E-state index in [0.717, 1.165) is 11.4 Å². The van der Waals surface area contributed by atoms with Crippen molar-refractivity contribution in [2.24, 2.45) is 5.73 Å². The zero-order valence-corrected chi connectivity index (χ0v) is 12.5. The molecule has 1 rings (SSSR count). The Balaban J connectivity index is 0.00000324. The summed E-state index contributed by atoms with van der Waals surface area (Å²) in [6, 6.07) is 7.42. The predicted octanol–water partition coefficient (Wildman–Crippen LogP) is 2.96. The highest BCUT2D eigenvalue weighted by molar-refractivity contribution is 5.90. The lowest BCUT2D eigenvalue weighted by Gasteiger charge is -2.11. The van der Waals surface area contributed by atoms with E-state index in [0.29, 0.717) is 12.8 Å². The van der Waals surface area contributed by atoms with Gasteiger partial charge in [-0.1, -0.05) is 0 Å². The fraction of sp³-hybridized carbons (Fsp3) is 0.500. The molecule has 0 aromatic heterocycles. The molecular formula is C14H23ClN2O2. The minimum Gasteiger partial charge on any atom is -0.491 e. The molecule has 0 saturated heterocycles. The minimum atomic E-state index is -0.00942. The quantitative estimate of drug-likeness (QED) is 0.845. The number of nitrogens with one attached hydrogen (secondary N) is 1. The largest absolute Gasteiger partial charge is 0.491 e. The van der Waals surface area contributed by atoms with Crippen LogP contribution in [0.1, 0.15) is 33.6 Å². The number of hydrogen-bond donors (Lipinski definition) is 2. The zero-order valence-electron chi connectivity index (χ0n) is 11.7. The van der Waals surface area contributed by atoms with Gasteiger partial charge in [0.15, 0.2) is 0 Å². The molecule has 0 saturated carbocycles. The van der Waals surface area contributed by atoms with Gasteiger partial charge in [0.1, 0.15) is 5.75 Å². The van der Waals surface area contributed by atoms with Crippen LogP contribution < -0.4 is 15.8 Å². The van der Waals surface area contributed by atoms with Gasteiger partial charge in [0.2, 0.25) is 5.91 Å². The number of ether oxygens (including phenoxy) is 1. The van der Waals surface area contributed by atoms with Gasteiger partial charge in [0.05, 0.1) is 6.10 Å². The summed E-state index contributed by atoms with van der Waals surface area (Å²) in [5.41, 5.74) is 6.38. The van der Waals surface area contributed by atoms with E-state index in [4.69, 9.17) is 10.5 Å². The Kier molecular flexibility index (Phi) is 8.19. The van der Waals surface area contributed by atoms with Crippen LogP contribution in [0.3, 0.4) is 0 Å². The Bertz CT molecular complexity index is 378. The van der Waals surface area contributed by atoms with E-state index in [2.05, 4.69) is 5.32 Å². The Morgan fingerprint density at radius 1 is 1.26 bits per heavy atom. The molecule has 108 valence electrons. The average Bonchev–Trinajstić information content (AvgIpc) is 2.28. The molecule has 0 aliphatic heterocycles. The molecule has 0 radical (unpaired) electrons. The van der Waals surface area contributed by atoms with Crippen molar-refractivity contribution in [2.75, 3.05) is 5.32 Å². The minimum absolute atomic E-state index is 0. The van der Waals surface area contributed by atoms with Crippen molar-refractivity contribution in [3.05, 3.63) is 24.3 Å². The molecule has 1 atom stereocenters. The maximum atomic E-state index is 11.6. The molecular weight excluding hydrogens is 264 g/mol. The standard InChI is InChI=1S/C14H22N2O2.ClH/c1-10(2)18-13-7-5-12(6-8-13)16-14(17)9-4-11(3)15;/h5-8,10-11H,4,9,15H2,1-3H3,(H,16,17);1H. The number of benzene rings is 1. The van der Waals surface area contributed by atoms with Crippen molar-refractivity contribution in [3.8, 4) is 5.75 Å². The Labute approximate surface area is 121 Å². The number of rotatable bonds is 6. The first-order chi connectivity index (χ1) is 8.47. The van der Waals surface area contributed by atoms with Crippen molar-refractivity contribution < 1.29 is 9.53 Å². The smallest absolute Gasteiger partial charge is 0.224 e. The second kappa shape index (κ2) is 8.77. The molecule has 1 unspecified atom stereocenters. The topological polar surface area (TPSA) is 64.4 Å². The van der Waals surface area contributed by atoms with Gasteiger partial charge in [-0.3, -0.25) is 4.79 Å². The summed E-state index contributed by atoms with van der Waals surface area (Å²) in [6.07, 6.45) is 1.29. The lowest BCUT2D eigenvalue weighted by molar-refractivity contribution is -0.116. The molecule has 0 aliphatic carbocycles. The number of amides is 1. The van der Waals surface area contributed by atoms with Crippen LogP contribution >= 0.6 is 12.4 Å². The van der Waals surface area contributed by atoms with Gasteiger partial charge in [-0.15, -0.1) is 12.4 Å². The van der Waals surface area contributed by atoms with E-state index in [1.165, 1.54) is 0 Å². The highest BCUT2D eigenvalue weighted by Gasteiger charge is 2.04. The van der Waals surface area contributed by atoms with E-state index in [1.807, 2.05) is 45.0 Å². The monoisotopic (exact) mass is 286 g/mol. The Morgan fingerprint density at radius 2 is 1.84 bits per heavy atom. The van der Waals surface area contributed by atoms with Gasteiger partial charge in [0.25, 0.3) is 0 Å². The molecule has 1 aromatic rings. The molecule has 0 spiro atoms. The van der Waals surface area contributed by atoms with Crippen molar-refractivity contribution in [1.29, 1.82) is 0 Å². The molecule has 1 amide bonds. The van der Waals surface area contributed by atoms with Gasteiger partial charge in [-0.05, 0) is 51.5 Å². The Morgan fingerprint density at radius 3 is 2.32 bits per heavy atom. The van der Waals surface area contributed by atoms with Crippen LogP contribution in [-0.4, -0.2) is 18.1 Å². The van der Waals surface area contributed by atoms with Crippen LogP contribution in [0.2, 0.25) is 0 Å². The summed E-state index contributed by atoms with van der Waals surface area (Å²) in [4.78, 5) is 11.6. The van der Waals surface area contributed by atoms with Crippen LogP contribution in [0.25, 0.3) is 0 Å². The zero-order chi connectivity index (χ0) is 13.5. The number of halogens is 1. The predicted molar refractivity (Wildman–Crippen MR) is 81.0 cm³/mol. The van der Waals surface area contributed by atoms with Crippen molar-refractivity contribution >= 4 is 24.0 Å². The number of hydrogen-bond acceptors (Lipinski definition) is 3. The summed E-state index contributed by atoms with van der Waals surface area (Å²) in [5.74, 6) is 0.795. The van der Waals surface area contributed by atoms with Crippen LogP contribution in [0.5, 0.6) is 5.75 Å². The summed E-state index contributed by atoms with van der Waals surface area (Å²) >= 11 is 0.